The van der Waals surface area contributed by atoms with Crippen LogP contribution >= 0.6 is 0 Å². The third-order valence-electron chi connectivity index (χ3n) is 1.70. The van der Waals surface area contributed by atoms with Crippen LogP contribution in [0.25, 0.3) is 0 Å². The van der Waals surface area contributed by atoms with Crippen LogP contribution in [0, 0.1) is 11.3 Å². The van der Waals surface area contributed by atoms with Crippen molar-refractivity contribution < 1.29 is 31.1 Å². The van der Waals surface area contributed by atoms with Gasteiger partial charge in [-0.1, -0.05) is 0 Å². The molecule has 0 bridgehead atoms. The van der Waals surface area contributed by atoms with Crippen LogP contribution in [0.4, 0.5) is 32.0 Å². The predicted octanol–water partition coefficient (Wildman–Crippen LogP) is 2.45. The largest absolute Gasteiger partial charge is 0.573 e. The molecule has 0 spiro atoms. The number of aromatic nitrogens is 1. The summed E-state index contributed by atoms with van der Waals surface area (Å²) in [5.74, 6) is -1.46. The monoisotopic (exact) mass is 271 g/mol. The Morgan fingerprint density at radius 3 is 2.17 bits per heavy atom. The second-order valence-corrected chi connectivity index (χ2v) is 2.92. The Hall–Kier alpha value is -2.18. The van der Waals surface area contributed by atoms with Gasteiger partial charge in [-0.3, -0.25) is 0 Å². The van der Waals surface area contributed by atoms with E-state index in [0.717, 1.165) is 6.07 Å². The Morgan fingerprint density at radius 2 is 1.78 bits per heavy atom. The van der Waals surface area contributed by atoms with Crippen LogP contribution in [-0.2, 0) is 6.18 Å². The van der Waals surface area contributed by atoms with Crippen molar-refractivity contribution in [3.8, 4) is 11.8 Å². The summed E-state index contributed by atoms with van der Waals surface area (Å²) in [5.41, 5.74) is 0.977. The summed E-state index contributed by atoms with van der Waals surface area (Å²) in [5, 5.41) is 8.44. The number of rotatable bonds is 1. The molecule has 0 fully saturated rings. The number of nitrogen functional groups attached to an aromatic ring is 1. The van der Waals surface area contributed by atoms with Gasteiger partial charge in [0.15, 0.2) is 11.4 Å². The highest BCUT2D eigenvalue weighted by molar-refractivity contribution is 5.63. The number of pyridine rings is 1. The van der Waals surface area contributed by atoms with Crippen LogP contribution in [0.1, 0.15) is 11.3 Å². The molecule has 1 aromatic rings. The average molecular weight is 271 g/mol. The smallest absolute Gasteiger partial charge is 0.400 e. The van der Waals surface area contributed by atoms with Crippen LogP contribution in [-0.4, -0.2) is 11.3 Å². The zero-order chi connectivity index (χ0) is 14.1. The van der Waals surface area contributed by atoms with Crippen molar-refractivity contribution in [1.29, 1.82) is 5.26 Å². The summed E-state index contributed by atoms with van der Waals surface area (Å²) >= 11 is 0. The van der Waals surface area contributed by atoms with E-state index in [0.29, 0.717) is 0 Å². The van der Waals surface area contributed by atoms with Crippen molar-refractivity contribution in [2.75, 3.05) is 5.73 Å². The van der Waals surface area contributed by atoms with Crippen molar-refractivity contribution in [3.63, 3.8) is 0 Å². The molecule has 2 N–H and O–H groups in total. The lowest BCUT2D eigenvalue weighted by atomic mass is 10.2. The van der Waals surface area contributed by atoms with Gasteiger partial charge in [-0.2, -0.15) is 18.4 Å². The van der Waals surface area contributed by atoms with E-state index in [9.17, 15) is 26.3 Å². The highest BCUT2D eigenvalue weighted by atomic mass is 19.4. The predicted molar refractivity (Wildman–Crippen MR) is 45.0 cm³/mol. The summed E-state index contributed by atoms with van der Waals surface area (Å²) in [6.45, 7) is 0. The van der Waals surface area contributed by atoms with E-state index >= 15 is 0 Å². The summed E-state index contributed by atoms with van der Waals surface area (Å²) < 4.78 is 76.3. The molecule has 98 valence electrons. The molecule has 0 unspecified atom stereocenters. The number of nitrogens with two attached hydrogens (primary N) is 1. The molecule has 0 atom stereocenters. The third-order valence-corrected chi connectivity index (χ3v) is 1.70. The molecule has 18 heavy (non-hydrogen) atoms. The first kappa shape index (κ1) is 13.9. The van der Waals surface area contributed by atoms with E-state index in [-0.39, 0.29) is 6.20 Å². The van der Waals surface area contributed by atoms with Gasteiger partial charge >= 0.3 is 12.5 Å². The van der Waals surface area contributed by atoms with Gasteiger partial charge in [-0.25, -0.2) is 4.98 Å². The molecular formula is C8H3F6N3O. The summed E-state index contributed by atoms with van der Waals surface area (Å²) in [6.07, 6.45) is -10.1. The third kappa shape index (κ3) is 2.93. The molecule has 4 nitrogen and oxygen atoms in total. The molecule has 1 heterocycles. The van der Waals surface area contributed by atoms with Crippen molar-refractivity contribution >= 4 is 5.69 Å². The first-order valence-corrected chi connectivity index (χ1v) is 4.07. The minimum absolute atomic E-state index is 0.164. The number of nitrogens with zero attached hydrogens (tertiary/aromatic N) is 2. The van der Waals surface area contributed by atoms with Crippen molar-refractivity contribution in [3.05, 3.63) is 17.5 Å². The van der Waals surface area contributed by atoms with Gasteiger partial charge in [0.2, 0.25) is 0 Å². The SMILES string of the molecule is N#Cc1ncc(C(F)(F)F)c(N)c1OC(F)(F)F. The Labute approximate surface area is 95.6 Å². The highest BCUT2D eigenvalue weighted by Gasteiger charge is 2.39. The standard InChI is InChI=1S/C8H3F6N3O/c9-7(10,11)3-2-17-4(1-15)6(5(3)16)18-8(12,13)14/h2H,(H2,16,17). The Kier molecular flexibility index (Phi) is 3.27. The second kappa shape index (κ2) is 4.25. The van der Waals surface area contributed by atoms with Crippen LogP contribution in [0.15, 0.2) is 6.20 Å². The van der Waals surface area contributed by atoms with Crippen LogP contribution in [0.5, 0.6) is 5.75 Å². The summed E-state index contributed by atoms with van der Waals surface area (Å²) in [4.78, 5) is 2.92. The normalized spacial score (nSPS) is 12.1. The number of hydrogen-bond donors (Lipinski definition) is 1. The first-order valence-electron chi connectivity index (χ1n) is 4.07. The molecular weight excluding hydrogens is 268 g/mol. The summed E-state index contributed by atoms with van der Waals surface area (Å²) in [6, 6.07) is 1.15. The Balaban J connectivity index is 3.43. The maximum absolute atomic E-state index is 12.4. The number of nitriles is 1. The lowest BCUT2D eigenvalue weighted by Gasteiger charge is -2.15. The molecule has 0 saturated carbocycles. The van der Waals surface area contributed by atoms with E-state index < -0.39 is 35.2 Å². The fourth-order valence-electron chi connectivity index (χ4n) is 1.03. The van der Waals surface area contributed by atoms with E-state index in [1.54, 1.807) is 0 Å². The maximum Gasteiger partial charge on any atom is 0.573 e. The molecule has 0 aliphatic carbocycles. The van der Waals surface area contributed by atoms with Crippen molar-refractivity contribution in [1.82, 2.24) is 4.98 Å². The molecule has 0 saturated heterocycles. The van der Waals surface area contributed by atoms with Gasteiger partial charge in [0, 0.05) is 6.20 Å². The van der Waals surface area contributed by atoms with Crippen molar-refractivity contribution in [2.24, 2.45) is 0 Å². The van der Waals surface area contributed by atoms with Gasteiger partial charge in [-0.15, -0.1) is 13.2 Å². The lowest BCUT2D eigenvalue weighted by Crippen LogP contribution is -2.21. The molecule has 0 aliphatic heterocycles. The fraction of sp³-hybridized carbons (Fsp3) is 0.250. The lowest BCUT2D eigenvalue weighted by molar-refractivity contribution is -0.274. The Morgan fingerprint density at radius 1 is 1.22 bits per heavy atom. The number of halogens is 6. The van der Waals surface area contributed by atoms with Gasteiger partial charge in [0.1, 0.15) is 11.6 Å². The number of hydrogen-bond acceptors (Lipinski definition) is 4. The zero-order valence-corrected chi connectivity index (χ0v) is 8.23. The minimum atomic E-state index is -5.29. The molecule has 1 rings (SSSR count). The van der Waals surface area contributed by atoms with E-state index in [1.807, 2.05) is 0 Å². The van der Waals surface area contributed by atoms with Gasteiger partial charge in [0.25, 0.3) is 0 Å². The average Bonchev–Trinajstić information content (AvgIpc) is 2.17. The molecule has 0 amide bonds. The quantitative estimate of drug-likeness (QED) is 0.796. The van der Waals surface area contributed by atoms with Crippen LogP contribution < -0.4 is 10.5 Å². The summed E-state index contributed by atoms with van der Waals surface area (Å²) in [7, 11) is 0. The van der Waals surface area contributed by atoms with Gasteiger partial charge in [-0.05, 0) is 0 Å². The van der Waals surface area contributed by atoms with Crippen LogP contribution in [0.3, 0.4) is 0 Å². The highest BCUT2D eigenvalue weighted by Crippen LogP contribution is 2.40. The molecule has 10 heteroatoms. The number of anilines is 1. The van der Waals surface area contributed by atoms with E-state index in [2.05, 4.69) is 9.72 Å². The Bertz CT molecular complexity index is 501. The molecule has 0 radical (unpaired) electrons. The van der Waals surface area contributed by atoms with Gasteiger partial charge in [0.05, 0.1) is 5.69 Å². The minimum Gasteiger partial charge on any atom is -0.400 e. The molecule has 1 aromatic heterocycles. The maximum atomic E-state index is 12.4. The zero-order valence-electron chi connectivity index (χ0n) is 8.23. The van der Waals surface area contributed by atoms with E-state index in [1.165, 1.54) is 0 Å². The molecule has 0 aliphatic rings. The first-order chi connectivity index (χ1) is 8.06. The number of ether oxygens (including phenoxy) is 1. The topological polar surface area (TPSA) is 71.9 Å². The second-order valence-electron chi connectivity index (χ2n) is 2.92. The number of alkyl halides is 6. The van der Waals surface area contributed by atoms with Crippen molar-refractivity contribution in [2.45, 2.75) is 12.5 Å². The molecule has 0 aromatic carbocycles. The fourth-order valence-corrected chi connectivity index (χ4v) is 1.03. The van der Waals surface area contributed by atoms with Gasteiger partial charge < -0.3 is 10.5 Å². The van der Waals surface area contributed by atoms with E-state index in [4.69, 9.17) is 11.0 Å². The van der Waals surface area contributed by atoms with Crippen LogP contribution in [0.2, 0.25) is 0 Å².